The van der Waals surface area contributed by atoms with Gasteiger partial charge in [-0.15, -0.1) is 11.3 Å². The molecule has 0 aromatic carbocycles. The molecule has 2 aromatic heterocycles. The second-order valence-electron chi connectivity index (χ2n) is 6.69. The topological polar surface area (TPSA) is 94.5 Å². The largest absolute Gasteiger partial charge is 0.338 e. The maximum Gasteiger partial charge on any atom is 0.282 e. The molecule has 12 heteroatoms. The normalized spacial score (nSPS) is 17.0. The number of carbonyl (C=O) groups excluding carboxylic acids is 1. The monoisotopic (exact) mass is 458 g/mol. The van der Waals surface area contributed by atoms with Gasteiger partial charge >= 0.3 is 0 Å². The van der Waals surface area contributed by atoms with E-state index in [1.165, 1.54) is 19.9 Å². The Labute approximate surface area is 180 Å². The summed E-state index contributed by atoms with van der Waals surface area (Å²) in [6.45, 7) is 7.57. The van der Waals surface area contributed by atoms with Gasteiger partial charge in [-0.25, -0.2) is 0 Å². The lowest BCUT2D eigenvalue weighted by molar-refractivity contribution is -0.135. The van der Waals surface area contributed by atoms with E-state index < -0.39 is 16.3 Å². The van der Waals surface area contributed by atoms with Crippen LogP contribution in [0.2, 0.25) is 0 Å². The Morgan fingerprint density at radius 1 is 1.31 bits per heavy atom. The Hall–Kier alpha value is -1.60. The van der Waals surface area contributed by atoms with E-state index >= 15 is 0 Å². The molecule has 0 saturated carbocycles. The molecular formula is C17H26N6O3S3. The van der Waals surface area contributed by atoms with Crippen molar-refractivity contribution < 1.29 is 13.2 Å². The number of hydrogen-bond acceptors (Lipinski definition) is 6. The smallest absolute Gasteiger partial charge is 0.282 e. The molecule has 1 aliphatic heterocycles. The van der Waals surface area contributed by atoms with Gasteiger partial charge in [-0.1, -0.05) is 19.9 Å². The van der Waals surface area contributed by atoms with Gasteiger partial charge in [-0.2, -0.15) is 22.1 Å². The van der Waals surface area contributed by atoms with Gasteiger partial charge in [0.2, 0.25) is 5.91 Å². The van der Waals surface area contributed by atoms with Crippen molar-refractivity contribution in [3.05, 3.63) is 22.3 Å². The highest BCUT2D eigenvalue weighted by Gasteiger charge is 2.34. The van der Waals surface area contributed by atoms with Crippen LogP contribution in [0.3, 0.4) is 0 Å². The van der Waals surface area contributed by atoms with E-state index in [0.717, 1.165) is 4.88 Å². The second-order valence-corrected chi connectivity index (χ2v) is 9.95. The molecule has 1 fully saturated rings. The highest BCUT2D eigenvalue weighted by Crippen LogP contribution is 2.26. The Morgan fingerprint density at radius 3 is 2.52 bits per heavy atom. The first-order valence-corrected chi connectivity index (χ1v) is 12.2. The number of hydrogen-bond donors (Lipinski definition) is 1. The van der Waals surface area contributed by atoms with Gasteiger partial charge in [-0.05, 0) is 30.6 Å². The number of thiophene rings is 1. The molecule has 29 heavy (non-hydrogen) atoms. The van der Waals surface area contributed by atoms with Crippen LogP contribution < -0.4 is 0 Å². The first-order chi connectivity index (χ1) is 13.8. The SMILES string of the molecule is CCN(CC)S(=O)(=O)N1CCN(C(=O)C(C)n2c(-c3cccs3)n[nH]c2=S)CC1. The first kappa shape index (κ1) is 22.1. The lowest BCUT2D eigenvalue weighted by atomic mass is 10.2. The first-order valence-electron chi connectivity index (χ1n) is 9.56. The van der Waals surface area contributed by atoms with Crippen LogP contribution in [0.4, 0.5) is 0 Å². The molecule has 2 aromatic rings. The van der Waals surface area contributed by atoms with Crippen molar-refractivity contribution in [2.45, 2.75) is 26.8 Å². The Morgan fingerprint density at radius 2 is 1.97 bits per heavy atom. The summed E-state index contributed by atoms with van der Waals surface area (Å²) in [5.74, 6) is 0.536. The van der Waals surface area contributed by atoms with Crippen molar-refractivity contribution in [3.8, 4) is 10.7 Å². The van der Waals surface area contributed by atoms with E-state index in [1.807, 2.05) is 31.4 Å². The molecule has 1 N–H and O–H groups in total. The maximum atomic E-state index is 13.1. The molecule has 1 amide bonds. The van der Waals surface area contributed by atoms with Crippen LogP contribution in [-0.4, -0.2) is 81.9 Å². The molecule has 0 spiro atoms. The number of amides is 1. The van der Waals surface area contributed by atoms with Crippen LogP contribution in [0.15, 0.2) is 17.5 Å². The fraction of sp³-hybridized carbons (Fsp3) is 0.588. The molecule has 0 bridgehead atoms. The highest BCUT2D eigenvalue weighted by molar-refractivity contribution is 7.86. The zero-order valence-corrected chi connectivity index (χ0v) is 19.2. The molecule has 9 nitrogen and oxygen atoms in total. The number of aromatic amines is 1. The maximum absolute atomic E-state index is 13.1. The summed E-state index contributed by atoms with van der Waals surface area (Å²) in [4.78, 5) is 15.7. The average Bonchev–Trinajstić information content (AvgIpc) is 3.37. The van der Waals surface area contributed by atoms with Gasteiger partial charge < -0.3 is 4.90 Å². The third-order valence-electron chi connectivity index (χ3n) is 5.10. The summed E-state index contributed by atoms with van der Waals surface area (Å²) in [5.41, 5.74) is 0. The number of piperazine rings is 1. The molecular weight excluding hydrogens is 432 g/mol. The summed E-state index contributed by atoms with van der Waals surface area (Å²) in [6, 6.07) is 3.31. The summed E-state index contributed by atoms with van der Waals surface area (Å²) in [7, 11) is -3.49. The molecule has 0 radical (unpaired) electrons. The summed E-state index contributed by atoms with van der Waals surface area (Å²) < 4.78 is 30.4. The van der Waals surface area contributed by atoms with Crippen molar-refractivity contribution in [1.29, 1.82) is 0 Å². The highest BCUT2D eigenvalue weighted by atomic mass is 32.2. The predicted octanol–water partition coefficient (Wildman–Crippen LogP) is 1.96. The summed E-state index contributed by atoms with van der Waals surface area (Å²) >= 11 is 6.88. The Bertz CT molecular complexity index is 986. The fourth-order valence-corrected chi connectivity index (χ4v) is 6.08. The number of rotatable bonds is 7. The van der Waals surface area contributed by atoms with Crippen LogP contribution in [0.25, 0.3) is 10.7 Å². The quantitative estimate of drug-likeness (QED) is 0.640. The van der Waals surface area contributed by atoms with Crippen molar-refractivity contribution >= 4 is 39.7 Å². The predicted molar refractivity (Wildman–Crippen MR) is 115 cm³/mol. The number of nitrogens with one attached hydrogen (secondary N) is 1. The van der Waals surface area contributed by atoms with Crippen molar-refractivity contribution in [1.82, 2.24) is 28.3 Å². The van der Waals surface area contributed by atoms with Crippen LogP contribution in [-0.2, 0) is 15.0 Å². The minimum atomic E-state index is -3.49. The van der Waals surface area contributed by atoms with E-state index in [-0.39, 0.29) is 19.0 Å². The number of carbonyl (C=O) groups is 1. The van der Waals surface area contributed by atoms with Gasteiger partial charge in [0, 0.05) is 39.3 Å². The fourth-order valence-electron chi connectivity index (χ4n) is 3.47. The lowest BCUT2D eigenvalue weighted by Gasteiger charge is -2.37. The van der Waals surface area contributed by atoms with E-state index in [9.17, 15) is 13.2 Å². The van der Waals surface area contributed by atoms with Gasteiger partial charge in [-0.3, -0.25) is 14.5 Å². The van der Waals surface area contributed by atoms with Gasteiger partial charge in [0.1, 0.15) is 6.04 Å². The van der Waals surface area contributed by atoms with Gasteiger partial charge in [0.05, 0.1) is 4.88 Å². The van der Waals surface area contributed by atoms with E-state index in [0.29, 0.717) is 36.8 Å². The number of H-pyrrole nitrogens is 1. The van der Waals surface area contributed by atoms with Crippen LogP contribution in [0.5, 0.6) is 0 Å². The van der Waals surface area contributed by atoms with Crippen LogP contribution in [0, 0.1) is 4.77 Å². The zero-order chi connectivity index (χ0) is 21.2. The summed E-state index contributed by atoms with van der Waals surface area (Å²) in [6.07, 6.45) is 0. The molecule has 3 heterocycles. The van der Waals surface area contributed by atoms with Crippen molar-refractivity contribution in [3.63, 3.8) is 0 Å². The lowest BCUT2D eigenvalue weighted by Crippen LogP contribution is -2.55. The number of nitrogens with zero attached hydrogens (tertiary/aromatic N) is 5. The zero-order valence-electron chi connectivity index (χ0n) is 16.7. The molecule has 1 aliphatic rings. The number of aromatic nitrogens is 3. The Kier molecular flexibility index (Phi) is 6.89. The molecule has 0 aliphatic carbocycles. The standard InChI is InChI=1S/C17H26N6O3S3/c1-4-21(5-2)29(25,26)22-10-8-20(9-11-22)16(24)13(3)23-15(18-19-17(23)27)14-7-6-12-28-14/h6-7,12-13H,4-5,8-11H2,1-3H3,(H,19,27). The van der Waals surface area contributed by atoms with Gasteiger partial charge in [0.25, 0.3) is 10.2 Å². The molecule has 3 rings (SSSR count). The molecule has 160 valence electrons. The second kappa shape index (κ2) is 9.04. The molecule has 1 atom stereocenters. The van der Waals surface area contributed by atoms with Crippen molar-refractivity contribution in [2.75, 3.05) is 39.3 Å². The van der Waals surface area contributed by atoms with Crippen LogP contribution in [0.1, 0.15) is 26.8 Å². The molecule has 1 unspecified atom stereocenters. The third kappa shape index (κ3) is 4.31. The Balaban J connectivity index is 1.72. The van der Waals surface area contributed by atoms with E-state index in [4.69, 9.17) is 12.2 Å². The van der Waals surface area contributed by atoms with Crippen molar-refractivity contribution in [2.24, 2.45) is 0 Å². The van der Waals surface area contributed by atoms with Gasteiger partial charge in [0.15, 0.2) is 10.6 Å². The van der Waals surface area contributed by atoms with E-state index in [1.54, 1.807) is 16.4 Å². The minimum Gasteiger partial charge on any atom is -0.338 e. The minimum absolute atomic E-state index is 0.0970. The molecule has 1 saturated heterocycles. The van der Waals surface area contributed by atoms with E-state index in [2.05, 4.69) is 10.2 Å². The summed E-state index contributed by atoms with van der Waals surface area (Å²) in [5, 5.41) is 9.00. The third-order valence-corrected chi connectivity index (χ3v) is 8.44. The average molecular weight is 459 g/mol. The van der Waals surface area contributed by atoms with Crippen LogP contribution >= 0.6 is 23.6 Å².